The van der Waals surface area contributed by atoms with Gasteiger partial charge in [-0.15, -0.1) is 0 Å². The highest BCUT2D eigenvalue weighted by Crippen LogP contribution is 2.21. The van der Waals surface area contributed by atoms with E-state index in [1.165, 1.54) is 24.1 Å². The van der Waals surface area contributed by atoms with E-state index in [9.17, 15) is 14.7 Å². The number of carbonyl (C=O) groups is 2. The number of hydrogen-bond acceptors (Lipinski definition) is 3. The second-order valence-electron chi connectivity index (χ2n) is 4.15. The quantitative estimate of drug-likeness (QED) is 0.787. The van der Waals surface area contributed by atoms with Crippen molar-refractivity contribution in [3.8, 4) is 0 Å². The molecule has 0 radical (unpaired) electrons. The number of aliphatic hydroxyl groups excluding tert-OH is 1. The predicted octanol–water partition coefficient (Wildman–Crippen LogP) is 1.99. The Balaban J connectivity index is 2.89. The molecule has 0 aliphatic heterocycles. The summed E-state index contributed by atoms with van der Waals surface area (Å²) >= 11 is 3.21. The van der Waals surface area contributed by atoms with Gasteiger partial charge in [-0.05, 0) is 25.1 Å². The van der Waals surface area contributed by atoms with Crippen LogP contribution in [0.5, 0.6) is 0 Å². The lowest BCUT2D eigenvalue weighted by molar-refractivity contribution is 0.0698. The molecule has 0 saturated heterocycles. The fourth-order valence-electron chi connectivity index (χ4n) is 1.50. The van der Waals surface area contributed by atoms with Crippen molar-refractivity contribution < 1.29 is 19.8 Å². The minimum absolute atomic E-state index is 0.00185. The first-order valence-electron chi connectivity index (χ1n) is 5.54. The number of carboxylic acid groups (broad SMARTS) is 1. The number of halogens is 1. The lowest BCUT2D eigenvalue weighted by Crippen LogP contribution is -2.36. The molecule has 104 valence electrons. The van der Waals surface area contributed by atoms with E-state index in [0.717, 1.165) is 0 Å². The van der Waals surface area contributed by atoms with E-state index in [1.54, 1.807) is 13.0 Å². The fraction of sp³-hybridized carbons (Fsp3) is 0.333. The maximum Gasteiger partial charge on any atom is 0.337 e. The van der Waals surface area contributed by atoms with E-state index in [0.29, 0.717) is 4.47 Å². The van der Waals surface area contributed by atoms with Crippen LogP contribution in [0.3, 0.4) is 0 Å². The second-order valence-corrected chi connectivity index (χ2v) is 5.07. The average molecular weight is 331 g/mol. The zero-order valence-corrected chi connectivity index (χ0v) is 12.1. The predicted molar refractivity (Wildman–Crippen MR) is 74.4 cm³/mol. The molecular weight excluding hydrogens is 316 g/mol. The second kappa shape index (κ2) is 6.53. The monoisotopic (exact) mass is 330 g/mol. The number of amides is 2. The Kier molecular flexibility index (Phi) is 5.31. The van der Waals surface area contributed by atoms with Crippen molar-refractivity contribution >= 4 is 33.6 Å². The number of rotatable bonds is 4. The van der Waals surface area contributed by atoms with E-state index in [2.05, 4.69) is 21.2 Å². The zero-order valence-electron chi connectivity index (χ0n) is 10.6. The topological polar surface area (TPSA) is 89.9 Å². The van der Waals surface area contributed by atoms with Crippen molar-refractivity contribution in [2.45, 2.75) is 13.0 Å². The third-order valence-corrected chi connectivity index (χ3v) is 2.83. The SMILES string of the molecule is CC(O)CN(C)C(=O)Nc1cc(Br)ccc1C(=O)O. The van der Waals surface area contributed by atoms with Gasteiger partial charge >= 0.3 is 12.0 Å². The third kappa shape index (κ3) is 4.53. The van der Waals surface area contributed by atoms with Crippen LogP contribution in [0.2, 0.25) is 0 Å². The van der Waals surface area contributed by atoms with Gasteiger partial charge in [0, 0.05) is 18.1 Å². The Bertz CT molecular complexity index is 491. The molecule has 1 unspecified atom stereocenters. The summed E-state index contributed by atoms with van der Waals surface area (Å²) in [7, 11) is 1.51. The Morgan fingerprint density at radius 3 is 2.63 bits per heavy atom. The van der Waals surface area contributed by atoms with Crippen molar-refractivity contribution in [3.63, 3.8) is 0 Å². The number of carbonyl (C=O) groups excluding carboxylic acids is 1. The number of aromatic carboxylic acids is 1. The Hall–Kier alpha value is -1.60. The molecular formula is C12H15BrN2O4. The Morgan fingerprint density at radius 1 is 1.47 bits per heavy atom. The van der Waals surface area contributed by atoms with Gasteiger partial charge in [0.15, 0.2) is 0 Å². The Morgan fingerprint density at radius 2 is 2.11 bits per heavy atom. The van der Waals surface area contributed by atoms with Crippen LogP contribution in [-0.2, 0) is 0 Å². The van der Waals surface area contributed by atoms with E-state index in [-0.39, 0.29) is 17.8 Å². The van der Waals surface area contributed by atoms with Gasteiger partial charge in [-0.2, -0.15) is 0 Å². The molecule has 1 atom stereocenters. The normalized spacial score (nSPS) is 11.8. The lowest BCUT2D eigenvalue weighted by atomic mass is 10.2. The summed E-state index contributed by atoms with van der Waals surface area (Å²) in [6, 6.07) is 4.01. The van der Waals surface area contributed by atoms with Crippen molar-refractivity contribution in [3.05, 3.63) is 28.2 Å². The van der Waals surface area contributed by atoms with Gasteiger partial charge < -0.3 is 20.4 Å². The van der Waals surface area contributed by atoms with Gasteiger partial charge in [0.1, 0.15) is 0 Å². The maximum absolute atomic E-state index is 11.8. The molecule has 0 aliphatic carbocycles. The molecule has 0 heterocycles. The molecule has 1 rings (SSSR count). The van der Waals surface area contributed by atoms with Crippen LogP contribution in [-0.4, -0.2) is 46.8 Å². The third-order valence-electron chi connectivity index (χ3n) is 2.34. The highest BCUT2D eigenvalue weighted by atomic mass is 79.9. The van der Waals surface area contributed by atoms with Gasteiger partial charge in [-0.1, -0.05) is 15.9 Å². The molecule has 0 aromatic heterocycles. The van der Waals surface area contributed by atoms with Crippen LogP contribution in [0.4, 0.5) is 10.5 Å². The van der Waals surface area contributed by atoms with Crippen molar-refractivity contribution in [1.82, 2.24) is 4.90 Å². The van der Waals surface area contributed by atoms with Crippen LogP contribution in [0, 0.1) is 0 Å². The van der Waals surface area contributed by atoms with Gasteiger partial charge in [-0.25, -0.2) is 9.59 Å². The summed E-state index contributed by atoms with van der Waals surface area (Å²) in [6.45, 7) is 1.72. The van der Waals surface area contributed by atoms with Gasteiger partial charge in [0.25, 0.3) is 0 Å². The number of benzene rings is 1. The van der Waals surface area contributed by atoms with Crippen molar-refractivity contribution in [2.24, 2.45) is 0 Å². The van der Waals surface area contributed by atoms with Gasteiger partial charge in [-0.3, -0.25) is 0 Å². The standard InChI is InChI=1S/C12H15BrN2O4/c1-7(16)6-15(2)12(19)14-10-5-8(13)3-4-9(10)11(17)18/h3-5,7,16H,6H2,1-2H3,(H,14,19)(H,17,18). The number of nitrogens with one attached hydrogen (secondary N) is 1. The van der Waals surface area contributed by atoms with Crippen molar-refractivity contribution in [2.75, 3.05) is 18.9 Å². The van der Waals surface area contributed by atoms with E-state index < -0.39 is 18.1 Å². The number of nitrogens with zero attached hydrogens (tertiary/aromatic N) is 1. The highest BCUT2D eigenvalue weighted by molar-refractivity contribution is 9.10. The zero-order chi connectivity index (χ0) is 14.6. The minimum Gasteiger partial charge on any atom is -0.478 e. The number of aliphatic hydroxyl groups is 1. The summed E-state index contributed by atoms with van der Waals surface area (Å²) in [5.41, 5.74) is 0.200. The summed E-state index contributed by atoms with van der Waals surface area (Å²) in [5, 5.41) is 20.7. The van der Waals surface area contributed by atoms with Crippen LogP contribution in [0.25, 0.3) is 0 Å². The number of hydrogen-bond donors (Lipinski definition) is 3. The van der Waals surface area contributed by atoms with E-state index in [1.807, 2.05) is 0 Å². The first kappa shape index (κ1) is 15.5. The minimum atomic E-state index is -1.12. The highest BCUT2D eigenvalue weighted by Gasteiger charge is 2.16. The number of urea groups is 1. The summed E-state index contributed by atoms with van der Waals surface area (Å²) < 4.78 is 0.658. The molecule has 0 spiro atoms. The van der Waals surface area contributed by atoms with Crippen LogP contribution in [0.1, 0.15) is 17.3 Å². The molecule has 7 heteroatoms. The summed E-state index contributed by atoms with van der Waals surface area (Å²) in [6.07, 6.45) is -0.655. The van der Waals surface area contributed by atoms with Gasteiger partial charge in [0.2, 0.25) is 0 Å². The molecule has 2 amide bonds. The van der Waals surface area contributed by atoms with E-state index in [4.69, 9.17) is 5.11 Å². The van der Waals surface area contributed by atoms with Crippen LogP contribution < -0.4 is 5.32 Å². The maximum atomic E-state index is 11.8. The smallest absolute Gasteiger partial charge is 0.337 e. The van der Waals surface area contributed by atoms with Crippen LogP contribution in [0.15, 0.2) is 22.7 Å². The number of anilines is 1. The number of likely N-dealkylation sites (N-methyl/N-ethyl adjacent to an activating group) is 1. The largest absolute Gasteiger partial charge is 0.478 e. The molecule has 0 bridgehead atoms. The molecule has 1 aromatic rings. The molecule has 19 heavy (non-hydrogen) atoms. The molecule has 0 saturated carbocycles. The first-order valence-corrected chi connectivity index (χ1v) is 6.33. The summed E-state index contributed by atoms with van der Waals surface area (Å²) in [4.78, 5) is 24.1. The average Bonchev–Trinajstić information content (AvgIpc) is 2.27. The Labute approximate surface area is 119 Å². The van der Waals surface area contributed by atoms with Crippen LogP contribution >= 0.6 is 15.9 Å². The molecule has 1 aromatic carbocycles. The lowest BCUT2D eigenvalue weighted by Gasteiger charge is -2.20. The van der Waals surface area contributed by atoms with E-state index >= 15 is 0 Å². The van der Waals surface area contributed by atoms with Crippen molar-refractivity contribution in [1.29, 1.82) is 0 Å². The fourth-order valence-corrected chi connectivity index (χ4v) is 1.86. The molecule has 0 fully saturated rings. The van der Waals surface area contributed by atoms with Gasteiger partial charge in [0.05, 0.1) is 17.4 Å². The summed E-state index contributed by atoms with van der Waals surface area (Å²) in [5.74, 6) is -1.12. The molecule has 6 nitrogen and oxygen atoms in total. The molecule has 0 aliphatic rings. The first-order chi connectivity index (χ1) is 8.81. The number of carboxylic acids is 1. The molecule has 3 N–H and O–H groups in total.